The molecule has 2 saturated carbocycles. The Kier molecular flexibility index (Phi) is 4.63. The van der Waals surface area contributed by atoms with Gasteiger partial charge in [0.25, 0.3) is 0 Å². The molecule has 122 valence electrons. The Labute approximate surface area is 130 Å². The highest BCUT2D eigenvalue weighted by atomic mass is 16.5. The number of methoxy groups -OCH3 is 1. The molecule has 1 unspecified atom stereocenters. The molecular formula is C18H34N2O. The number of nitrogens with one attached hydrogen (secondary N) is 1. The van der Waals surface area contributed by atoms with Crippen LogP contribution in [0.4, 0.5) is 0 Å². The first kappa shape index (κ1) is 15.8. The lowest BCUT2D eigenvalue weighted by Gasteiger charge is -2.54. The van der Waals surface area contributed by atoms with Crippen LogP contribution in [0.2, 0.25) is 0 Å². The van der Waals surface area contributed by atoms with E-state index in [1.54, 1.807) is 0 Å². The summed E-state index contributed by atoms with van der Waals surface area (Å²) in [7, 11) is 1.92. The summed E-state index contributed by atoms with van der Waals surface area (Å²) < 4.78 is 5.92. The summed E-state index contributed by atoms with van der Waals surface area (Å²) in [5, 5.41) is 3.95. The van der Waals surface area contributed by atoms with Crippen molar-refractivity contribution in [3.63, 3.8) is 0 Å². The average molecular weight is 294 g/mol. The molecule has 0 aromatic carbocycles. The second-order valence-electron chi connectivity index (χ2n) is 8.18. The van der Waals surface area contributed by atoms with Crippen molar-refractivity contribution in [2.75, 3.05) is 26.7 Å². The van der Waals surface area contributed by atoms with E-state index in [0.717, 1.165) is 13.1 Å². The van der Waals surface area contributed by atoms with Crippen LogP contribution in [0, 0.1) is 5.92 Å². The Morgan fingerprint density at radius 2 is 1.81 bits per heavy atom. The van der Waals surface area contributed by atoms with Gasteiger partial charge >= 0.3 is 0 Å². The fourth-order valence-electron chi connectivity index (χ4n) is 4.77. The minimum atomic E-state index is 0.167. The first-order valence-electron chi connectivity index (χ1n) is 9.12. The molecule has 1 atom stereocenters. The monoisotopic (exact) mass is 294 g/mol. The quantitative estimate of drug-likeness (QED) is 0.862. The zero-order valence-corrected chi connectivity index (χ0v) is 14.3. The molecule has 0 amide bonds. The number of piperazine rings is 1. The van der Waals surface area contributed by atoms with Crippen LogP contribution in [0.5, 0.6) is 0 Å². The topological polar surface area (TPSA) is 24.5 Å². The van der Waals surface area contributed by atoms with Crippen LogP contribution in [0.25, 0.3) is 0 Å². The minimum Gasteiger partial charge on any atom is -0.377 e. The molecular weight excluding hydrogens is 260 g/mol. The lowest BCUT2D eigenvalue weighted by atomic mass is 9.75. The lowest BCUT2D eigenvalue weighted by molar-refractivity contribution is -0.111. The third kappa shape index (κ3) is 3.16. The second kappa shape index (κ2) is 6.17. The number of ether oxygens (including phenoxy) is 1. The molecule has 0 aromatic heterocycles. The Morgan fingerprint density at radius 1 is 1.10 bits per heavy atom. The summed E-state index contributed by atoms with van der Waals surface area (Å²) in [5.74, 6) is 0.715. The van der Waals surface area contributed by atoms with Gasteiger partial charge < -0.3 is 10.1 Å². The summed E-state index contributed by atoms with van der Waals surface area (Å²) >= 11 is 0. The van der Waals surface area contributed by atoms with Crippen molar-refractivity contribution in [3.05, 3.63) is 0 Å². The highest BCUT2D eigenvalue weighted by molar-refractivity contribution is 5.03. The van der Waals surface area contributed by atoms with Crippen LogP contribution >= 0.6 is 0 Å². The van der Waals surface area contributed by atoms with Crippen LogP contribution < -0.4 is 5.32 Å². The zero-order chi connectivity index (χ0) is 14.9. The van der Waals surface area contributed by atoms with Gasteiger partial charge in [0.05, 0.1) is 5.60 Å². The van der Waals surface area contributed by atoms with Crippen LogP contribution in [0.15, 0.2) is 0 Å². The SMILES string of the molecule is COC1(CN2CC3(CCCCC3)NCC2C(C)C)CCC1. The van der Waals surface area contributed by atoms with Gasteiger partial charge in [0.2, 0.25) is 0 Å². The van der Waals surface area contributed by atoms with E-state index < -0.39 is 0 Å². The van der Waals surface area contributed by atoms with E-state index in [0.29, 0.717) is 17.5 Å². The van der Waals surface area contributed by atoms with Crippen LogP contribution in [-0.2, 0) is 4.74 Å². The third-order valence-electron chi connectivity index (χ3n) is 6.43. The van der Waals surface area contributed by atoms with Crippen molar-refractivity contribution in [3.8, 4) is 0 Å². The van der Waals surface area contributed by atoms with Gasteiger partial charge in [-0.2, -0.15) is 0 Å². The van der Waals surface area contributed by atoms with Crippen molar-refractivity contribution < 1.29 is 4.74 Å². The maximum Gasteiger partial charge on any atom is 0.0805 e. The molecule has 0 aromatic rings. The van der Waals surface area contributed by atoms with Crippen molar-refractivity contribution in [1.82, 2.24) is 10.2 Å². The van der Waals surface area contributed by atoms with Crippen LogP contribution in [0.3, 0.4) is 0 Å². The molecule has 1 aliphatic heterocycles. The fraction of sp³-hybridized carbons (Fsp3) is 1.00. The molecule has 0 radical (unpaired) electrons. The first-order chi connectivity index (χ1) is 10.1. The van der Waals surface area contributed by atoms with Crippen molar-refractivity contribution in [1.29, 1.82) is 0 Å². The maximum absolute atomic E-state index is 5.92. The molecule has 0 bridgehead atoms. The zero-order valence-electron chi connectivity index (χ0n) is 14.3. The van der Waals surface area contributed by atoms with Gasteiger partial charge in [-0.3, -0.25) is 4.90 Å². The highest BCUT2D eigenvalue weighted by Crippen LogP contribution is 2.39. The summed E-state index contributed by atoms with van der Waals surface area (Å²) in [6, 6.07) is 0.671. The average Bonchev–Trinajstić information content (AvgIpc) is 2.43. The molecule has 21 heavy (non-hydrogen) atoms. The van der Waals surface area contributed by atoms with E-state index in [9.17, 15) is 0 Å². The normalized spacial score (nSPS) is 32.3. The predicted molar refractivity (Wildman–Crippen MR) is 87.6 cm³/mol. The van der Waals surface area contributed by atoms with Crippen molar-refractivity contribution in [2.45, 2.75) is 82.4 Å². The van der Waals surface area contributed by atoms with E-state index in [-0.39, 0.29) is 5.60 Å². The maximum atomic E-state index is 5.92. The molecule has 3 fully saturated rings. The van der Waals surface area contributed by atoms with E-state index >= 15 is 0 Å². The summed E-state index contributed by atoms with van der Waals surface area (Å²) in [4.78, 5) is 2.79. The lowest BCUT2D eigenvalue weighted by Crippen LogP contribution is -2.68. The minimum absolute atomic E-state index is 0.167. The molecule has 1 heterocycles. The van der Waals surface area contributed by atoms with Gasteiger partial charge in [0.1, 0.15) is 0 Å². The first-order valence-corrected chi connectivity index (χ1v) is 9.12. The van der Waals surface area contributed by atoms with Gasteiger partial charge in [0.15, 0.2) is 0 Å². The highest BCUT2D eigenvalue weighted by Gasteiger charge is 2.45. The molecule has 1 spiro atoms. The molecule has 3 aliphatic rings. The number of hydrogen-bond donors (Lipinski definition) is 1. The van der Waals surface area contributed by atoms with Crippen LogP contribution in [0.1, 0.15) is 65.2 Å². The Balaban J connectivity index is 1.71. The standard InChI is InChI=1S/C18H34N2O/c1-15(2)16-12-19-17(8-5-4-6-9-17)13-20(16)14-18(21-3)10-7-11-18/h15-16,19H,4-14H2,1-3H3. The number of nitrogens with zero attached hydrogens (tertiary/aromatic N) is 1. The second-order valence-corrected chi connectivity index (χ2v) is 8.18. The van der Waals surface area contributed by atoms with Gasteiger partial charge in [-0.15, -0.1) is 0 Å². The van der Waals surface area contributed by atoms with Crippen molar-refractivity contribution in [2.24, 2.45) is 5.92 Å². The largest absolute Gasteiger partial charge is 0.377 e. The van der Waals surface area contributed by atoms with E-state index in [4.69, 9.17) is 4.74 Å². The summed E-state index contributed by atoms with van der Waals surface area (Å²) in [6.07, 6.45) is 10.8. The Morgan fingerprint density at radius 3 is 2.33 bits per heavy atom. The van der Waals surface area contributed by atoms with E-state index in [1.165, 1.54) is 57.9 Å². The van der Waals surface area contributed by atoms with E-state index in [2.05, 4.69) is 24.1 Å². The number of hydrogen-bond acceptors (Lipinski definition) is 3. The van der Waals surface area contributed by atoms with Crippen molar-refractivity contribution >= 4 is 0 Å². The molecule has 3 rings (SSSR count). The smallest absolute Gasteiger partial charge is 0.0805 e. The molecule has 3 heteroatoms. The molecule has 2 aliphatic carbocycles. The van der Waals surface area contributed by atoms with Gasteiger partial charge in [0, 0.05) is 38.3 Å². The predicted octanol–water partition coefficient (Wildman–Crippen LogP) is 3.19. The van der Waals surface area contributed by atoms with Crippen LogP contribution in [-0.4, -0.2) is 48.8 Å². The van der Waals surface area contributed by atoms with Gasteiger partial charge in [-0.25, -0.2) is 0 Å². The Bertz CT molecular complexity index is 340. The number of rotatable bonds is 4. The van der Waals surface area contributed by atoms with Gasteiger partial charge in [-0.1, -0.05) is 33.1 Å². The van der Waals surface area contributed by atoms with Gasteiger partial charge in [-0.05, 0) is 38.0 Å². The molecule has 3 nitrogen and oxygen atoms in total. The molecule has 1 N–H and O–H groups in total. The third-order valence-corrected chi connectivity index (χ3v) is 6.43. The summed E-state index contributed by atoms with van der Waals surface area (Å²) in [6.45, 7) is 8.30. The Hall–Kier alpha value is -0.120. The summed E-state index contributed by atoms with van der Waals surface area (Å²) in [5.41, 5.74) is 0.572. The fourth-order valence-corrected chi connectivity index (χ4v) is 4.77. The van der Waals surface area contributed by atoms with E-state index in [1.807, 2.05) is 7.11 Å². The molecule has 1 saturated heterocycles.